The molecule has 136 valence electrons. The number of aryl methyl sites for hydroxylation is 1. The number of thiophene rings is 1. The number of ether oxygens (including phenoxy) is 1. The highest BCUT2D eigenvalue weighted by molar-refractivity contribution is 7.17. The number of hydrogen-bond donors (Lipinski definition) is 3. The van der Waals surface area contributed by atoms with E-state index in [0.29, 0.717) is 10.6 Å². The minimum atomic E-state index is -1.14. The van der Waals surface area contributed by atoms with Gasteiger partial charge in [-0.3, -0.25) is 14.9 Å². The van der Waals surface area contributed by atoms with Crippen LogP contribution >= 0.6 is 11.3 Å². The van der Waals surface area contributed by atoms with Gasteiger partial charge in [0.25, 0.3) is 5.91 Å². The molecule has 0 spiro atoms. The van der Waals surface area contributed by atoms with Crippen LogP contribution in [-0.2, 0) is 27.2 Å². The molecular weight excluding hydrogens is 346 g/mol. The van der Waals surface area contributed by atoms with Crippen LogP contribution in [-0.4, -0.2) is 37.0 Å². The fraction of sp³-hybridized carbons (Fsp3) is 0.500. The summed E-state index contributed by atoms with van der Waals surface area (Å²) in [5.74, 6) is -1.68. The van der Waals surface area contributed by atoms with Gasteiger partial charge in [0.05, 0.1) is 5.56 Å². The number of esters is 1. The molecule has 1 aliphatic carbocycles. The molecule has 4 amide bonds. The van der Waals surface area contributed by atoms with E-state index < -0.39 is 24.0 Å². The Bertz CT molecular complexity index is 713. The molecule has 0 bridgehead atoms. The van der Waals surface area contributed by atoms with Gasteiger partial charge in [-0.15, -0.1) is 11.3 Å². The molecule has 1 aromatic heterocycles. The van der Waals surface area contributed by atoms with Gasteiger partial charge in [0.1, 0.15) is 5.00 Å². The molecule has 0 aliphatic heterocycles. The third-order valence-corrected chi connectivity index (χ3v) is 4.99. The number of hydrogen-bond acceptors (Lipinski definition) is 6. The fourth-order valence-electron chi connectivity index (χ4n) is 2.58. The molecule has 1 atom stereocenters. The van der Waals surface area contributed by atoms with Crippen LogP contribution in [0, 0.1) is 0 Å². The minimum absolute atomic E-state index is 0.280. The predicted octanol–water partition coefficient (Wildman–Crippen LogP) is 1.59. The normalized spacial score (nSPS) is 14.0. The average molecular weight is 367 g/mol. The van der Waals surface area contributed by atoms with E-state index in [1.54, 1.807) is 0 Å². The summed E-state index contributed by atoms with van der Waals surface area (Å²) in [5.41, 5.74) is 1.19. The Morgan fingerprint density at radius 2 is 1.84 bits per heavy atom. The predicted molar refractivity (Wildman–Crippen MR) is 92.7 cm³/mol. The highest BCUT2D eigenvalue weighted by Crippen LogP contribution is 2.38. The topological polar surface area (TPSA) is 114 Å². The van der Waals surface area contributed by atoms with Gasteiger partial charge in [-0.25, -0.2) is 9.59 Å². The zero-order chi connectivity index (χ0) is 18.6. The Morgan fingerprint density at radius 3 is 2.48 bits per heavy atom. The van der Waals surface area contributed by atoms with Crippen LogP contribution in [0.3, 0.4) is 0 Å². The smallest absolute Gasteiger partial charge is 0.342 e. The molecule has 0 radical (unpaired) electrons. The molecule has 8 nitrogen and oxygen atoms in total. The highest BCUT2D eigenvalue weighted by atomic mass is 32.1. The van der Waals surface area contributed by atoms with Gasteiger partial charge >= 0.3 is 12.0 Å². The molecule has 1 aromatic rings. The van der Waals surface area contributed by atoms with E-state index in [2.05, 4.69) is 16.0 Å². The lowest BCUT2D eigenvalue weighted by molar-refractivity contribution is -0.127. The Kier molecular flexibility index (Phi) is 6.13. The van der Waals surface area contributed by atoms with Crippen LogP contribution in [0.4, 0.5) is 9.80 Å². The van der Waals surface area contributed by atoms with Crippen molar-refractivity contribution in [2.75, 3.05) is 12.4 Å². The van der Waals surface area contributed by atoms with Gasteiger partial charge in [-0.05, 0) is 38.2 Å². The van der Waals surface area contributed by atoms with Crippen molar-refractivity contribution < 1.29 is 23.9 Å². The number of carbonyl (C=O) groups excluding carboxylic acids is 4. The zero-order valence-electron chi connectivity index (χ0n) is 14.4. The standard InChI is InChI=1S/C16H21N3O5S/c1-8(13(21)19-16(23)17-3)24-15(22)12-10-6-4-5-7-11(10)25-14(12)18-9(2)20/h8H,4-7H2,1-3H3,(H,18,20)(H2,17,19,21,23)/t8-/m1/s1. The number of fused-ring (bicyclic) bond motifs is 1. The SMILES string of the molecule is CNC(=O)NC(=O)[C@@H](C)OC(=O)c1c(NC(C)=O)sc2c1CCCC2. The number of carbonyl (C=O) groups is 4. The maximum Gasteiger partial charge on any atom is 0.342 e. The largest absolute Gasteiger partial charge is 0.449 e. The van der Waals surface area contributed by atoms with Gasteiger partial charge in [0.2, 0.25) is 5.91 Å². The van der Waals surface area contributed by atoms with Crippen molar-refractivity contribution in [3.63, 3.8) is 0 Å². The van der Waals surface area contributed by atoms with E-state index in [1.807, 2.05) is 0 Å². The van der Waals surface area contributed by atoms with E-state index in [9.17, 15) is 19.2 Å². The monoisotopic (exact) mass is 367 g/mol. The second kappa shape index (κ2) is 8.11. The number of anilines is 1. The van der Waals surface area contributed by atoms with Crippen molar-refractivity contribution >= 4 is 40.2 Å². The molecule has 2 rings (SSSR count). The van der Waals surface area contributed by atoms with Crippen LogP contribution < -0.4 is 16.0 Å². The van der Waals surface area contributed by atoms with Crippen LogP contribution in [0.5, 0.6) is 0 Å². The van der Waals surface area contributed by atoms with E-state index in [1.165, 1.54) is 32.2 Å². The summed E-state index contributed by atoms with van der Waals surface area (Å²) in [5, 5.41) is 7.42. The molecule has 0 aromatic carbocycles. The zero-order valence-corrected chi connectivity index (χ0v) is 15.2. The lowest BCUT2D eigenvalue weighted by atomic mass is 9.95. The maximum absolute atomic E-state index is 12.6. The summed E-state index contributed by atoms with van der Waals surface area (Å²) in [6.45, 7) is 2.75. The van der Waals surface area contributed by atoms with E-state index in [-0.39, 0.29) is 5.91 Å². The van der Waals surface area contributed by atoms with Gasteiger partial charge < -0.3 is 15.4 Å². The number of urea groups is 1. The summed E-state index contributed by atoms with van der Waals surface area (Å²) in [4.78, 5) is 48.1. The van der Waals surface area contributed by atoms with Gasteiger partial charge in [0.15, 0.2) is 6.10 Å². The molecule has 9 heteroatoms. The minimum Gasteiger partial charge on any atom is -0.449 e. The average Bonchev–Trinajstić information content (AvgIpc) is 2.91. The van der Waals surface area contributed by atoms with Crippen molar-refractivity contribution in [1.82, 2.24) is 10.6 Å². The van der Waals surface area contributed by atoms with Gasteiger partial charge in [-0.1, -0.05) is 0 Å². The Hall–Kier alpha value is -2.42. The van der Waals surface area contributed by atoms with Crippen LogP contribution in [0.2, 0.25) is 0 Å². The lowest BCUT2D eigenvalue weighted by Gasteiger charge is -2.15. The first-order chi connectivity index (χ1) is 11.8. The van der Waals surface area contributed by atoms with Gasteiger partial charge in [-0.2, -0.15) is 0 Å². The first-order valence-corrected chi connectivity index (χ1v) is 8.80. The number of amides is 4. The summed E-state index contributed by atoms with van der Waals surface area (Å²) in [7, 11) is 1.37. The third kappa shape index (κ3) is 4.56. The molecule has 0 saturated carbocycles. The number of nitrogens with one attached hydrogen (secondary N) is 3. The van der Waals surface area contributed by atoms with Crippen molar-refractivity contribution in [3.05, 3.63) is 16.0 Å². The van der Waals surface area contributed by atoms with Crippen molar-refractivity contribution in [2.45, 2.75) is 45.6 Å². The van der Waals surface area contributed by atoms with E-state index in [4.69, 9.17) is 4.74 Å². The number of imide groups is 1. The van der Waals surface area contributed by atoms with E-state index in [0.717, 1.165) is 36.1 Å². The Labute approximate surface area is 149 Å². The van der Waals surface area contributed by atoms with Crippen molar-refractivity contribution in [1.29, 1.82) is 0 Å². The quantitative estimate of drug-likeness (QED) is 0.699. The van der Waals surface area contributed by atoms with Crippen molar-refractivity contribution in [3.8, 4) is 0 Å². The molecule has 3 N–H and O–H groups in total. The molecule has 0 saturated heterocycles. The molecule has 0 fully saturated rings. The molecule has 25 heavy (non-hydrogen) atoms. The number of rotatable bonds is 4. The molecule has 1 aliphatic rings. The summed E-state index contributed by atoms with van der Waals surface area (Å²) in [6.07, 6.45) is 2.43. The lowest BCUT2D eigenvalue weighted by Crippen LogP contribution is -2.43. The summed E-state index contributed by atoms with van der Waals surface area (Å²) in [6, 6.07) is -0.681. The maximum atomic E-state index is 12.6. The van der Waals surface area contributed by atoms with Crippen molar-refractivity contribution in [2.24, 2.45) is 0 Å². The second-order valence-corrected chi connectivity index (χ2v) is 6.82. The van der Waals surface area contributed by atoms with Crippen LogP contribution in [0.15, 0.2) is 0 Å². The Balaban J connectivity index is 2.20. The first-order valence-electron chi connectivity index (χ1n) is 7.99. The third-order valence-electron chi connectivity index (χ3n) is 3.78. The molecule has 1 heterocycles. The van der Waals surface area contributed by atoms with Gasteiger partial charge in [0, 0.05) is 18.8 Å². The summed E-state index contributed by atoms with van der Waals surface area (Å²) < 4.78 is 5.21. The van der Waals surface area contributed by atoms with E-state index >= 15 is 0 Å². The fourth-order valence-corrected chi connectivity index (χ4v) is 3.90. The molecule has 0 unspecified atom stereocenters. The Morgan fingerprint density at radius 1 is 1.16 bits per heavy atom. The molecular formula is C16H21N3O5S. The van der Waals surface area contributed by atoms with Crippen LogP contribution in [0.25, 0.3) is 0 Å². The first kappa shape index (κ1) is 18.9. The summed E-state index contributed by atoms with van der Waals surface area (Å²) >= 11 is 1.37. The van der Waals surface area contributed by atoms with Crippen LogP contribution in [0.1, 0.15) is 47.5 Å². The second-order valence-electron chi connectivity index (χ2n) is 5.71. The highest BCUT2D eigenvalue weighted by Gasteiger charge is 2.29.